The van der Waals surface area contributed by atoms with Crippen LogP contribution in [0.5, 0.6) is 0 Å². The van der Waals surface area contributed by atoms with Crippen LogP contribution in [0.4, 0.5) is 4.39 Å². The first kappa shape index (κ1) is 15.2. The highest BCUT2D eigenvalue weighted by atomic mass is 19.1. The zero-order valence-electron chi connectivity index (χ0n) is 12.7. The van der Waals surface area contributed by atoms with Crippen LogP contribution in [0, 0.1) is 26.6 Å². The summed E-state index contributed by atoms with van der Waals surface area (Å²) in [4.78, 5) is 12.1. The molecule has 6 heteroatoms. The second-order valence-electron chi connectivity index (χ2n) is 5.15. The number of halogens is 1. The molecule has 1 amide bonds. The van der Waals surface area contributed by atoms with Crippen molar-refractivity contribution in [3.05, 3.63) is 46.3 Å². The summed E-state index contributed by atoms with van der Waals surface area (Å²) in [6.07, 6.45) is 0.599. The minimum Gasteiger partial charge on any atom is -0.352 e. The van der Waals surface area contributed by atoms with Crippen molar-refractivity contribution in [1.82, 2.24) is 20.1 Å². The molecule has 2 rings (SSSR count). The maximum absolute atomic E-state index is 13.5. The molecule has 0 atom stereocenters. The maximum atomic E-state index is 13.5. The summed E-state index contributed by atoms with van der Waals surface area (Å²) in [7, 11) is 1.89. The molecule has 0 unspecified atom stereocenters. The number of nitrogens with zero attached hydrogens (tertiary/aromatic N) is 3. The number of hydrogen-bond donors (Lipinski definition) is 1. The van der Waals surface area contributed by atoms with Crippen molar-refractivity contribution in [1.29, 1.82) is 0 Å². The minimum atomic E-state index is -0.263. The molecule has 1 heterocycles. The molecule has 112 valence electrons. The van der Waals surface area contributed by atoms with Gasteiger partial charge in [-0.3, -0.25) is 4.79 Å². The molecular weight excluding hydrogens is 271 g/mol. The van der Waals surface area contributed by atoms with Gasteiger partial charge in [-0.15, -0.1) is 10.2 Å². The summed E-state index contributed by atoms with van der Waals surface area (Å²) in [5, 5.41) is 10.8. The van der Waals surface area contributed by atoms with Crippen LogP contribution in [0.3, 0.4) is 0 Å². The predicted molar refractivity (Wildman–Crippen MR) is 77.7 cm³/mol. The Kier molecular flexibility index (Phi) is 4.35. The number of amides is 1. The second-order valence-corrected chi connectivity index (χ2v) is 5.15. The number of rotatable bonds is 4. The van der Waals surface area contributed by atoms with Crippen LogP contribution in [-0.2, 0) is 13.5 Å². The molecule has 0 bridgehead atoms. The van der Waals surface area contributed by atoms with Crippen LogP contribution >= 0.6 is 0 Å². The van der Waals surface area contributed by atoms with E-state index in [1.54, 1.807) is 26.0 Å². The van der Waals surface area contributed by atoms with Gasteiger partial charge < -0.3 is 9.88 Å². The lowest BCUT2D eigenvalue weighted by Crippen LogP contribution is -2.26. The van der Waals surface area contributed by atoms with E-state index in [2.05, 4.69) is 15.5 Å². The molecule has 1 N–H and O–H groups in total. The first-order valence-corrected chi connectivity index (χ1v) is 6.80. The standard InChI is InChI=1S/C15H19FN4O/c1-9-7-12(8-10(2)14(9)16)15(21)17-6-5-13-19-18-11(3)20(13)4/h7-8H,5-6H2,1-4H3,(H,17,21). The van der Waals surface area contributed by atoms with Gasteiger partial charge in [-0.25, -0.2) is 4.39 Å². The smallest absolute Gasteiger partial charge is 0.251 e. The summed E-state index contributed by atoms with van der Waals surface area (Å²) in [5.41, 5.74) is 1.42. The van der Waals surface area contributed by atoms with Gasteiger partial charge in [0.15, 0.2) is 0 Å². The summed E-state index contributed by atoms with van der Waals surface area (Å²) in [5.74, 6) is 1.18. The Bertz CT molecular complexity index is 655. The number of aromatic nitrogens is 3. The SMILES string of the molecule is Cc1cc(C(=O)NCCc2nnc(C)n2C)cc(C)c1F. The van der Waals surface area contributed by atoms with Gasteiger partial charge in [0.25, 0.3) is 5.91 Å². The highest BCUT2D eigenvalue weighted by Gasteiger charge is 2.11. The molecule has 0 spiro atoms. The number of carbonyl (C=O) groups is 1. The average molecular weight is 290 g/mol. The highest BCUT2D eigenvalue weighted by molar-refractivity contribution is 5.94. The zero-order valence-corrected chi connectivity index (χ0v) is 12.7. The van der Waals surface area contributed by atoms with Gasteiger partial charge >= 0.3 is 0 Å². The van der Waals surface area contributed by atoms with Crippen molar-refractivity contribution in [3.63, 3.8) is 0 Å². The zero-order chi connectivity index (χ0) is 15.6. The van der Waals surface area contributed by atoms with E-state index in [-0.39, 0.29) is 11.7 Å². The van der Waals surface area contributed by atoms with E-state index in [0.717, 1.165) is 11.6 Å². The fourth-order valence-electron chi connectivity index (χ4n) is 2.14. The number of hydrogen-bond acceptors (Lipinski definition) is 3. The summed E-state index contributed by atoms with van der Waals surface area (Å²) >= 11 is 0. The lowest BCUT2D eigenvalue weighted by atomic mass is 10.1. The monoisotopic (exact) mass is 290 g/mol. The van der Waals surface area contributed by atoms with Crippen molar-refractivity contribution in [2.24, 2.45) is 7.05 Å². The predicted octanol–water partition coefficient (Wildman–Crippen LogP) is 1.85. The molecule has 0 saturated carbocycles. The van der Waals surface area contributed by atoms with Gasteiger partial charge in [-0.1, -0.05) is 0 Å². The first-order chi connectivity index (χ1) is 9.90. The van der Waals surface area contributed by atoms with Crippen molar-refractivity contribution < 1.29 is 9.18 Å². The molecule has 5 nitrogen and oxygen atoms in total. The summed E-state index contributed by atoms with van der Waals surface area (Å²) < 4.78 is 15.4. The lowest BCUT2D eigenvalue weighted by Gasteiger charge is -2.08. The van der Waals surface area contributed by atoms with E-state index < -0.39 is 0 Å². The van der Waals surface area contributed by atoms with Crippen LogP contribution in [0.2, 0.25) is 0 Å². The first-order valence-electron chi connectivity index (χ1n) is 6.80. The summed E-state index contributed by atoms with van der Waals surface area (Å²) in [6, 6.07) is 3.12. The molecule has 0 aliphatic heterocycles. The number of carbonyl (C=O) groups excluding carboxylic acids is 1. The van der Waals surface area contributed by atoms with E-state index in [1.807, 2.05) is 18.5 Å². The Labute approximate surface area is 123 Å². The van der Waals surface area contributed by atoms with E-state index in [4.69, 9.17) is 0 Å². The normalized spacial score (nSPS) is 10.7. The van der Waals surface area contributed by atoms with Gasteiger partial charge in [0.2, 0.25) is 0 Å². The third kappa shape index (κ3) is 3.26. The molecular formula is C15H19FN4O. The fraction of sp³-hybridized carbons (Fsp3) is 0.400. The van der Waals surface area contributed by atoms with Crippen molar-refractivity contribution in [2.75, 3.05) is 6.54 Å². The van der Waals surface area contributed by atoms with Gasteiger partial charge in [0.1, 0.15) is 17.5 Å². The van der Waals surface area contributed by atoms with E-state index >= 15 is 0 Å². The highest BCUT2D eigenvalue weighted by Crippen LogP contribution is 2.14. The van der Waals surface area contributed by atoms with Gasteiger partial charge in [0, 0.05) is 25.6 Å². The molecule has 0 saturated heterocycles. The molecule has 21 heavy (non-hydrogen) atoms. The quantitative estimate of drug-likeness (QED) is 0.935. The van der Waals surface area contributed by atoms with E-state index in [1.165, 1.54) is 0 Å². The van der Waals surface area contributed by atoms with Crippen molar-refractivity contribution in [2.45, 2.75) is 27.2 Å². The number of benzene rings is 1. The van der Waals surface area contributed by atoms with Gasteiger partial charge in [-0.2, -0.15) is 0 Å². The van der Waals surface area contributed by atoms with Crippen LogP contribution in [0.15, 0.2) is 12.1 Å². The Morgan fingerprint density at radius 2 is 1.86 bits per heavy atom. The Morgan fingerprint density at radius 3 is 2.38 bits per heavy atom. The molecule has 0 aliphatic rings. The second kappa shape index (κ2) is 6.03. The lowest BCUT2D eigenvalue weighted by molar-refractivity contribution is 0.0953. The van der Waals surface area contributed by atoms with Crippen LogP contribution in [0.1, 0.15) is 33.1 Å². The third-order valence-electron chi connectivity index (χ3n) is 3.52. The van der Waals surface area contributed by atoms with E-state index in [9.17, 15) is 9.18 Å². The molecule has 0 aliphatic carbocycles. The third-order valence-corrected chi connectivity index (χ3v) is 3.52. The Morgan fingerprint density at radius 1 is 1.24 bits per heavy atom. The van der Waals surface area contributed by atoms with Crippen LogP contribution in [-0.4, -0.2) is 27.2 Å². The Balaban J connectivity index is 1.98. The van der Waals surface area contributed by atoms with E-state index in [0.29, 0.717) is 29.7 Å². The number of aryl methyl sites for hydroxylation is 3. The molecule has 1 aromatic heterocycles. The van der Waals surface area contributed by atoms with Gasteiger partial charge in [-0.05, 0) is 44.0 Å². The maximum Gasteiger partial charge on any atom is 0.251 e. The molecule has 1 aromatic carbocycles. The van der Waals surface area contributed by atoms with Crippen LogP contribution < -0.4 is 5.32 Å². The number of nitrogens with one attached hydrogen (secondary N) is 1. The average Bonchev–Trinajstić information content (AvgIpc) is 2.76. The molecule has 0 radical (unpaired) electrons. The van der Waals surface area contributed by atoms with Crippen LogP contribution in [0.25, 0.3) is 0 Å². The molecule has 2 aromatic rings. The van der Waals surface area contributed by atoms with Crippen molar-refractivity contribution >= 4 is 5.91 Å². The largest absolute Gasteiger partial charge is 0.352 e. The fourth-order valence-corrected chi connectivity index (χ4v) is 2.14. The summed E-state index contributed by atoms with van der Waals surface area (Å²) in [6.45, 7) is 5.64. The molecule has 0 fully saturated rings. The minimum absolute atomic E-state index is 0.208. The topological polar surface area (TPSA) is 59.8 Å². The Hall–Kier alpha value is -2.24. The van der Waals surface area contributed by atoms with Crippen molar-refractivity contribution in [3.8, 4) is 0 Å². The van der Waals surface area contributed by atoms with Gasteiger partial charge in [0.05, 0.1) is 0 Å².